The summed E-state index contributed by atoms with van der Waals surface area (Å²) in [6, 6.07) is 5.30. The topological polar surface area (TPSA) is 147 Å². The van der Waals surface area contributed by atoms with Gasteiger partial charge in [0.1, 0.15) is 11.8 Å². The number of hydrogen-bond acceptors (Lipinski definition) is 6. The third kappa shape index (κ3) is 5.52. The summed E-state index contributed by atoms with van der Waals surface area (Å²) in [6.07, 6.45) is 5.47. The molecule has 8 heteroatoms. The van der Waals surface area contributed by atoms with E-state index in [2.05, 4.69) is 26.1 Å². The average molecular weight is 572 g/mol. The van der Waals surface area contributed by atoms with Gasteiger partial charge in [-0.2, -0.15) is 0 Å². The number of nitrogens with one attached hydrogen (secondary N) is 1. The summed E-state index contributed by atoms with van der Waals surface area (Å²) in [6.45, 7) is 6.85. The van der Waals surface area contributed by atoms with Gasteiger partial charge in [-0.1, -0.05) is 32.9 Å². The number of amides is 1. The molecule has 12 atom stereocenters. The number of aliphatic hydroxyl groups excluding tert-OH is 3. The van der Waals surface area contributed by atoms with Crippen LogP contribution in [0.5, 0.6) is 5.75 Å². The van der Waals surface area contributed by atoms with E-state index in [1.807, 2.05) is 0 Å². The van der Waals surface area contributed by atoms with Gasteiger partial charge in [-0.15, -0.1) is 0 Å². The highest BCUT2D eigenvalue weighted by molar-refractivity contribution is 5.83. The zero-order valence-electron chi connectivity index (χ0n) is 24.7. The maximum Gasteiger partial charge on any atom is 0.326 e. The fourth-order valence-corrected chi connectivity index (χ4v) is 10.1. The van der Waals surface area contributed by atoms with E-state index in [-0.39, 0.29) is 53.1 Å². The van der Waals surface area contributed by atoms with Gasteiger partial charge in [0, 0.05) is 12.8 Å². The van der Waals surface area contributed by atoms with Crippen LogP contribution in [0.15, 0.2) is 24.3 Å². The zero-order chi connectivity index (χ0) is 29.7. The maximum absolute atomic E-state index is 12.9. The first-order valence-electron chi connectivity index (χ1n) is 15.7. The molecule has 4 fully saturated rings. The molecule has 0 aromatic heterocycles. The van der Waals surface area contributed by atoms with Crippen LogP contribution in [-0.2, 0) is 16.0 Å². The van der Waals surface area contributed by atoms with Crippen molar-refractivity contribution in [1.82, 2.24) is 5.32 Å². The maximum atomic E-state index is 12.9. The second kappa shape index (κ2) is 11.5. The van der Waals surface area contributed by atoms with Crippen LogP contribution in [0.3, 0.4) is 0 Å². The molecule has 6 N–H and O–H groups in total. The van der Waals surface area contributed by atoms with E-state index in [1.54, 1.807) is 12.1 Å². The van der Waals surface area contributed by atoms with E-state index in [9.17, 15) is 35.1 Å². The lowest BCUT2D eigenvalue weighted by atomic mass is 9.43. The van der Waals surface area contributed by atoms with Gasteiger partial charge in [0.15, 0.2) is 0 Å². The predicted molar refractivity (Wildman–Crippen MR) is 154 cm³/mol. The van der Waals surface area contributed by atoms with E-state index < -0.39 is 30.3 Å². The molecular formula is C33H49NO7. The van der Waals surface area contributed by atoms with Gasteiger partial charge in [0.05, 0.1) is 18.3 Å². The molecule has 41 heavy (non-hydrogen) atoms. The van der Waals surface area contributed by atoms with Gasteiger partial charge in [0.2, 0.25) is 5.91 Å². The Hall–Kier alpha value is -2.16. The number of benzene rings is 1. The SMILES string of the molecule is C[C@H](CCC(=O)NC(Cc1ccc(O)cc1)C(=O)O)[C@H]1CC[C@H]2[C@@H]3[C@@H](O)[C@H](O)[C@@H]4C[C@H](O)CC[C@]4(C)[C@H]3CC[C@]12C. The minimum atomic E-state index is -1.08. The number of carboxylic acids is 1. The van der Waals surface area contributed by atoms with Crippen molar-refractivity contribution in [2.45, 2.75) is 109 Å². The standard InChI is InChI=1S/C33H49NO7/c1-18(4-11-27(37)34-26(31(40)41)16-19-5-7-20(35)8-6-19)22-9-10-23-28-24(13-15-32(22,23)2)33(3)14-12-21(36)17-25(33)29(38)30(28)39/h5-8,18,21-26,28-30,35-36,38-39H,4,9-17H2,1-3H3,(H,34,37)(H,40,41)/t18-,21-,22-,23+,24+,25+,26?,28+,29-,30-,32-,33-/m1/s1. The second-order valence-electron chi connectivity index (χ2n) is 14.4. The summed E-state index contributed by atoms with van der Waals surface area (Å²) in [5, 5.41) is 54.9. The molecule has 5 rings (SSSR count). The minimum Gasteiger partial charge on any atom is -0.508 e. The first-order chi connectivity index (χ1) is 19.3. The molecule has 8 nitrogen and oxygen atoms in total. The van der Waals surface area contributed by atoms with E-state index in [0.717, 1.165) is 44.1 Å². The molecule has 1 aromatic carbocycles. The van der Waals surface area contributed by atoms with Crippen LogP contribution in [0.1, 0.15) is 84.1 Å². The molecule has 0 spiro atoms. The first kappa shape index (κ1) is 30.3. The fourth-order valence-electron chi connectivity index (χ4n) is 10.1. The quantitative estimate of drug-likeness (QED) is 0.277. The van der Waals surface area contributed by atoms with Crippen LogP contribution in [0.2, 0.25) is 0 Å². The molecule has 228 valence electrons. The summed E-state index contributed by atoms with van der Waals surface area (Å²) >= 11 is 0. The molecule has 4 aliphatic carbocycles. The second-order valence-corrected chi connectivity index (χ2v) is 14.4. The van der Waals surface area contributed by atoms with Gasteiger partial charge in [-0.3, -0.25) is 4.79 Å². The molecule has 1 unspecified atom stereocenters. The van der Waals surface area contributed by atoms with E-state index in [4.69, 9.17) is 0 Å². The molecule has 0 radical (unpaired) electrons. The van der Waals surface area contributed by atoms with Crippen molar-refractivity contribution in [1.29, 1.82) is 0 Å². The largest absolute Gasteiger partial charge is 0.508 e. The van der Waals surface area contributed by atoms with Crippen LogP contribution < -0.4 is 5.32 Å². The lowest BCUT2D eigenvalue weighted by Crippen LogP contribution is -2.64. The highest BCUT2D eigenvalue weighted by Gasteiger charge is 2.65. The smallest absolute Gasteiger partial charge is 0.326 e. The van der Waals surface area contributed by atoms with Gasteiger partial charge in [-0.05, 0) is 115 Å². The third-order valence-corrected chi connectivity index (χ3v) is 12.3. The Bertz CT molecular complexity index is 1110. The molecule has 1 amide bonds. The monoisotopic (exact) mass is 571 g/mol. The molecule has 0 saturated heterocycles. The number of phenols is 1. The zero-order valence-corrected chi connectivity index (χ0v) is 24.7. The molecule has 1 aromatic rings. The number of carboxylic acid groups (broad SMARTS) is 1. The van der Waals surface area contributed by atoms with E-state index in [1.165, 1.54) is 12.1 Å². The number of fused-ring (bicyclic) bond motifs is 5. The van der Waals surface area contributed by atoms with Crippen LogP contribution >= 0.6 is 0 Å². The average Bonchev–Trinajstić information content (AvgIpc) is 3.29. The summed E-state index contributed by atoms with van der Waals surface area (Å²) in [5.41, 5.74) is 0.688. The number of aromatic hydroxyl groups is 1. The number of carbonyl (C=O) groups excluding carboxylic acids is 1. The van der Waals surface area contributed by atoms with Crippen molar-refractivity contribution in [2.24, 2.45) is 46.3 Å². The van der Waals surface area contributed by atoms with Crippen LogP contribution in [0, 0.1) is 46.3 Å². The van der Waals surface area contributed by atoms with Crippen molar-refractivity contribution in [2.75, 3.05) is 0 Å². The molecule has 0 heterocycles. The van der Waals surface area contributed by atoms with Gasteiger partial charge >= 0.3 is 5.97 Å². The Morgan fingerprint density at radius 3 is 2.27 bits per heavy atom. The van der Waals surface area contributed by atoms with Crippen LogP contribution in [0.4, 0.5) is 0 Å². The molecule has 0 aliphatic heterocycles. The number of phenolic OH excluding ortho intramolecular Hbond substituents is 1. The summed E-state index contributed by atoms with van der Waals surface area (Å²) in [4.78, 5) is 24.7. The van der Waals surface area contributed by atoms with Crippen LogP contribution in [-0.4, -0.2) is 61.8 Å². The van der Waals surface area contributed by atoms with Crippen LogP contribution in [0.25, 0.3) is 0 Å². The number of carbonyl (C=O) groups is 2. The van der Waals surface area contributed by atoms with Crippen molar-refractivity contribution in [3.8, 4) is 5.75 Å². The number of rotatable bonds is 8. The highest BCUT2D eigenvalue weighted by Crippen LogP contribution is 2.68. The Morgan fingerprint density at radius 2 is 1.59 bits per heavy atom. The predicted octanol–water partition coefficient (Wildman–Crippen LogP) is 3.88. The van der Waals surface area contributed by atoms with Crippen molar-refractivity contribution >= 4 is 11.9 Å². The van der Waals surface area contributed by atoms with Gasteiger partial charge in [0.25, 0.3) is 0 Å². The minimum absolute atomic E-state index is 0.0254. The Morgan fingerprint density at radius 1 is 0.927 bits per heavy atom. The molecular weight excluding hydrogens is 522 g/mol. The van der Waals surface area contributed by atoms with E-state index in [0.29, 0.717) is 30.6 Å². The van der Waals surface area contributed by atoms with Crippen molar-refractivity contribution in [3.05, 3.63) is 29.8 Å². The number of aliphatic carboxylic acids is 1. The third-order valence-electron chi connectivity index (χ3n) is 12.3. The highest BCUT2D eigenvalue weighted by atomic mass is 16.4. The summed E-state index contributed by atoms with van der Waals surface area (Å²) in [5.74, 6) is 0.0765. The lowest BCUT2D eigenvalue weighted by Gasteiger charge is -2.63. The van der Waals surface area contributed by atoms with E-state index >= 15 is 0 Å². The Balaban J connectivity index is 1.21. The summed E-state index contributed by atoms with van der Waals surface area (Å²) < 4.78 is 0. The normalized spacial score (nSPS) is 41.4. The molecule has 0 bridgehead atoms. The Kier molecular flexibility index (Phi) is 8.50. The Labute approximate surface area is 243 Å². The summed E-state index contributed by atoms with van der Waals surface area (Å²) in [7, 11) is 0. The van der Waals surface area contributed by atoms with Gasteiger partial charge < -0.3 is 30.8 Å². The lowest BCUT2D eigenvalue weighted by molar-refractivity contribution is -0.223. The number of hydrogen-bond donors (Lipinski definition) is 6. The molecule has 4 saturated carbocycles. The first-order valence-corrected chi connectivity index (χ1v) is 15.7. The van der Waals surface area contributed by atoms with Crippen molar-refractivity contribution < 1.29 is 35.1 Å². The fraction of sp³-hybridized carbons (Fsp3) is 0.758. The van der Waals surface area contributed by atoms with Crippen molar-refractivity contribution in [3.63, 3.8) is 0 Å². The molecule has 4 aliphatic rings. The van der Waals surface area contributed by atoms with Gasteiger partial charge in [-0.25, -0.2) is 4.79 Å². The number of aliphatic hydroxyl groups is 3.